The van der Waals surface area contributed by atoms with Gasteiger partial charge in [-0.1, -0.05) is 17.7 Å². The summed E-state index contributed by atoms with van der Waals surface area (Å²) in [4.78, 5) is 2.49. The van der Waals surface area contributed by atoms with Crippen LogP contribution in [0.5, 0.6) is 0 Å². The van der Waals surface area contributed by atoms with Crippen LogP contribution >= 0.6 is 0 Å². The normalized spacial score (nSPS) is 16.9. The molecule has 1 aromatic rings. The van der Waals surface area contributed by atoms with E-state index in [2.05, 4.69) is 36.9 Å². The fraction of sp³-hybridized carbons (Fsp3) is 0.625. The highest BCUT2D eigenvalue weighted by Crippen LogP contribution is 2.26. The van der Waals surface area contributed by atoms with E-state index in [1.165, 1.54) is 16.8 Å². The molecule has 106 valence electrons. The average Bonchev–Trinajstić information content (AvgIpc) is 2.41. The van der Waals surface area contributed by atoms with Crippen LogP contribution in [0.3, 0.4) is 0 Å². The molecule has 1 aliphatic rings. The lowest BCUT2D eigenvalue weighted by Crippen LogP contribution is -2.37. The van der Waals surface area contributed by atoms with E-state index >= 15 is 0 Å². The van der Waals surface area contributed by atoms with Crippen LogP contribution in [0.4, 0.5) is 5.69 Å². The minimum absolute atomic E-state index is 0.449. The van der Waals surface area contributed by atoms with Gasteiger partial charge in [0.2, 0.25) is 0 Å². The highest BCUT2D eigenvalue weighted by atomic mass is 16.5. The lowest BCUT2D eigenvalue weighted by Gasteiger charge is -2.34. The zero-order valence-corrected chi connectivity index (χ0v) is 12.2. The zero-order chi connectivity index (χ0) is 13.7. The molecule has 0 aliphatic carbocycles. The van der Waals surface area contributed by atoms with Gasteiger partial charge >= 0.3 is 0 Å². The van der Waals surface area contributed by atoms with Gasteiger partial charge < -0.3 is 15.4 Å². The van der Waals surface area contributed by atoms with E-state index in [-0.39, 0.29) is 0 Å². The van der Waals surface area contributed by atoms with Gasteiger partial charge in [0.15, 0.2) is 0 Å². The molecule has 0 amide bonds. The van der Waals surface area contributed by atoms with Crippen molar-refractivity contribution in [1.29, 1.82) is 0 Å². The number of hydrogen-bond acceptors (Lipinski definition) is 3. The van der Waals surface area contributed by atoms with Crippen LogP contribution in [0.15, 0.2) is 18.2 Å². The summed E-state index contributed by atoms with van der Waals surface area (Å²) >= 11 is 0. The summed E-state index contributed by atoms with van der Waals surface area (Å²) in [5.74, 6) is 0. The number of hydrogen-bond donors (Lipinski definition) is 1. The highest BCUT2D eigenvalue weighted by molar-refractivity contribution is 5.55. The van der Waals surface area contributed by atoms with Crippen molar-refractivity contribution in [1.82, 2.24) is 0 Å². The highest BCUT2D eigenvalue weighted by Gasteiger charge is 2.20. The van der Waals surface area contributed by atoms with E-state index in [9.17, 15) is 0 Å². The second kappa shape index (κ2) is 6.92. The average molecular weight is 262 g/mol. The molecule has 2 N–H and O–H groups in total. The predicted molar refractivity (Wildman–Crippen MR) is 80.8 cm³/mol. The predicted octanol–water partition coefficient (Wildman–Crippen LogP) is 2.50. The van der Waals surface area contributed by atoms with Crippen molar-refractivity contribution in [3.63, 3.8) is 0 Å². The molecule has 0 saturated carbocycles. The Morgan fingerprint density at radius 2 is 2.05 bits per heavy atom. The van der Waals surface area contributed by atoms with Crippen LogP contribution in [0.2, 0.25) is 0 Å². The number of aryl methyl sites for hydroxylation is 1. The van der Waals surface area contributed by atoms with Crippen molar-refractivity contribution in [2.24, 2.45) is 5.73 Å². The van der Waals surface area contributed by atoms with Gasteiger partial charge in [0, 0.05) is 25.4 Å². The largest absolute Gasteiger partial charge is 0.378 e. The van der Waals surface area contributed by atoms with Crippen molar-refractivity contribution >= 4 is 5.69 Å². The van der Waals surface area contributed by atoms with Crippen LogP contribution in [-0.2, 0) is 11.2 Å². The summed E-state index contributed by atoms with van der Waals surface area (Å²) in [5.41, 5.74) is 9.80. The minimum atomic E-state index is 0.449. The Labute approximate surface area is 116 Å². The van der Waals surface area contributed by atoms with Gasteiger partial charge in [-0.05, 0) is 51.3 Å². The van der Waals surface area contributed by atoms with E-state index in [0.717, 1.165) is 39.0 Å². The van der Waals surface area contributed by atoms with E-state index in [1.807, 2.05) is 0 Å². The lowest BCUT2D eigenvalue weighted by atomic mass is 10.0. The van der Waals surface area contributed by atoms with Gasteiger partial charge in [-0.3, -0.25) is 0 Å². The fourth-order valence-electron chi connectivity index (χ4n) is 2.88. The van der Waals surface area contributed by atoms with E-state index in [0.29, 0.717) is 12.6 Å². The summed E-state index contributed by atoms with van der Waals surface area (Å²) in [6.07, 6.45) is 3.67. The van der Waals surface area contributed by atoms with E-state index < -0.39 is 0 Å². The molecule has 1 aliphatic heterocycles. The van der Waals surface area contributed by atoms with Crippen LogP contribution < -0.4 is 10.6 Å². The Morgan fingerprint density at radius 3 is 2.68 bits per heavy atom. The first-order chi connectivity index (χ1) is 9.24. The van der Waals surface area contributed by atoms with Gasteiger partial charge in [-0.2, -0.15) is 0 Å². The monoisotopic (exact) mass is 262 g/mol. The zero-order valence-electron chi connectivity index (χ0n) is 12.2. The third-order valence-electron chi connectivity index (χ3n) is 3.83. The maximum atomic E-state index is 5.73. The first-order valence-electron chi connectivity index (χ1n) is 7.40. The molecule has 0 radical (unpaired) electrons. The van der Waals surface area contributed by atoms with Crippen molar-refractivity contribution in [3.05, 3.63) is 29.3 Å². The third-order valence-corrected chi connectivity index (χ3v) is 3.83. The van der Waals surface area contributed by atoms with Gasteiger partial charge in [0.05, 0.1) is 6.10 Å². The Hall–Kier alpha value is -1.06. The number of nitrogens with two attached hydrogens (primary N) is 1. The quantitative estimate of drug-likeness (QED) is 0.886. The minimum Gasteiger partial charge on any atom is -0.378 e. The molecule has 3 nitrogen and oxygen atoms in total. The van der Waals surface area contributed by atoms with E-state index in [4.69, 9.17) is 10.5 Å². The number of nitrogens with zero attached hydrogens (tertiary/aromatic N) is 1. The molecule has 19 heavy (non-hydrogen) atoms. The van der Waals surface area contributed by atoms with Crippen LogP contribution in [-0.4, -0.2) is 32.3 Å². The molecule has 3 heteroatoms. The summed E-state index contributed by atoms with van der Waals surface area (Å²) in [6.45, 7) is 7.94. The summed E-state index contributed by atoms with van der Waals surface area (Å²) < 4.78 is 5.72. The Bertz CT molecular complexity index is 398. The molecule has 1 aromatic carbocycles. The Balaban J connectivity index is 2.06. The fourth-order valence-corrected chi connectivity index (χ4v) is 2.88. The maximum Gasteiger partial charge on any atom is 0.0608 e. The van der Waals surface area contributed by atoms with Gasteiger partial charge in [0.25, 0.3) is 0 Å². The molecule has 1 saturated heterocycles. The number of piperidine rings is 1. The Morgan fingerprint density at radius 1 is 1.32 bits per heavy atom. The number of benzene rings is 1. The number of rotatable bonds is 5. The van der Waals surface area contributed by atoms with Crippen molar-refractivity contribution in [3.8, 4) is 0 Å². The van der Waals surface area contributed by atoms with Gasteiger partial charge in [-0.25, -0.2) is 0 Å². The second-order valence-electron chi connectivity index (χ2n) is 5.31. The topological polar surface area (TPSA) is 38.5 Å². The molecule has 0 bridgehead atoms. The number of ether oxygens (including phenoxy) is 1. The molecule has 1 fully saturated rings. The van der Waals surface area contributed by atoms with Crippen LogP contribution in [0, 0.1) is 6.92 Å². The maximum absolute atomic E-state index is 5.73. The second-order valence-corrected chi connectivity index (χ2v) is 5.31. The lowest BCUT2D eigenvalue weighted by molar-refractivity contribution is 0.0459. The first-order valence-corrected chi connectivity index (χ1v) is 7.40. The molecular weight excluding hydrogens is 236 g/mol. The third kappa shape index (κ3) is 3.71. The first kappa shape index (κ1) is 14.4. The van der Waals surface area contributed by atoms with Crippen molar-refractivity contribution < 1.29 is 4.74 Å². The van der Waals surface area contributed by atoms with Crippen molar-refractivity contribution in [2.75, 3.05) is 31.1 Å². The molecule has 0 aromatic heterocycles. The van der Waals surface area contributed by atoms with Gasteiger partial charge in [0.1, 0.15) is 0 Å². The molecule has 2 rings (SSSR count). The summed E-state index contributed by atoms with van der Waals surface area (Å²) in [5, 5.41) is 0. The van der Waals surface area contributed by atoms with Crippen LogP contribution in [0.1, 0.15) is 30.9 Å². The molecule has 0 unspecified atom stereocenters. The molecule has 0 spiro atoms. The van der Waals surface area contributed by atoms with E-state index in [1.54, 1.807) is 0 Å². The summed E-state index contributed by atoms with van der Waals surface area (Å²) in [7, 11) is 0. The standard InChI is InChI=1S/C16H26N2O/c1-3-19-15-7-10-18(11-8-15)16-5-4-13(2)12-14(16)6-9-17/h4-5,12,15H,3,6-11,17H2,1-2H3. The molecule has 1 heterocycles. The van der Waals surface area contributed by atoms with Crippen LogP contribution in [0.25, 0.3) is 0 Å². The Kier molecular flexibility index (Phi) is 5.23. The summed E-state index contributed by atoms with van der Waals surface area (Å²) in [6, 6.07) is 6.72. The SMILES string of the molecule is CCOC1CCN(c2ccc(C)cc2CCN)CC1. The molecule has 0 atom stereocenters. The number of anilines is 1. The van der Waals surface area contributed by atoms with Crippen molar-refractivity contribution in [2.45, 2.75) is 39.2 Å². The van der Waals surface area contributed by atoms with Gasteiger partial charge in [-0.15, -0.1) is 0 Å². The molecular formula is C16H26N2O. The smallest absolute Gasteiger partial charge is 0.0608 e.